The fourth-order valence-electron chi connectivity index (χ4n) is 7.11. The molecule has 10 nitrogen and oxygen atoms in total. The highest BCUT2D eigenvalue weighted by Gasteiger charge is 2.49. The maximum Gasteiger partial charge on any atom is 0.263 e. The van der Waals surface area contributed by atoms with Crippen molar-refractivity contribution in [2.75, 3.05) is 33.8 Å². The van der Waals surface area contributed by atoms with Crippen LogP contribution in [-0.4, -0.2) is 88.1 Å². The second-order valence-electron chi connectivity index (χ2n) is 15.2. The number of halogens is 2. The monoisotopic (exact) mass is 690 g/mol. The van der Waals surface area contributed by atoms with Gasteiger partial charge >= 0.3 is 0 Å². The number of nitrogens with zero attached hydrogens (tertiary/aromatic N) is 8. The molecule has 1 saturated heterocycles. The lowest BCUT2D eigenvalue weighted by Gasteiger charge is -2.52. The lowest BCUT2D eigenvalue weighted by Crippen LogP contribution is -2.58. The lowest BCUT2D eigenvalue weighted by molar-refractivity contribution is -0.0207. The first-order valence-corrected chi connectivity index (χ1v) is 20.9. The minimum absolute atomic E-state index is 0.00259. The Balaban J connectivity index is 1.07. The molecule has 0 unspecified atom stereocenters. The van der Waals surface area contributed by atoms with Crippen LogP contribution in [0.15, 0.2) is 49.2 Å². The van der Waals surface area contributed by atoms with Gasteiger partial charge in [0.1, 0.15) is 30.6 Å². The number of piperidine rings is 1. The molecule has 2 aliphatic rings. The Morgan fingerprint density at radius 3 is 2.59 bits per heavy atom. The van der Waals surface area contributed by atoms with Crippen LogP contribution in [0.4, 0.5) is 8.78 Å². The van der Waals surface area contributed by atoms with E-state index in [-0.39, 0.29) is 17.2 Å². The second-order valence-corrected chi connectivity index (χ2v) is 20.8. The van der Waals surface area contributed by atoms with Gasteiger partial charge in [0, 0.05) is 69.3 Å². The standard InChI is InChI=1S/C36H48F2N8O2Si/c1-43(2)22-26-16-27(34(37)38)18-31(17-26)48-30-6-11-44(12-7-30)29-19-36(20-29,9-10-39)46-23-28(21-42-46)33-32-8-13-45(35(32)41-24-40-33)25-47-14-15-49(3,4)5/h8,13,16-18,21,23-24,29-30,34H,6-7,9,11-12,14-15,19-20,22,25H2,1-5H3/t29-,36+. The predicted octanol–water partition coefficient (Wildman–Crippen LogP) is 6.92. The van der Waals surface area contributed by atoms with E-state index in [0.717, 1.165) is 79.3 Å². The molecule has 1 aliphatic heterocycles. The van der Waals surface area contributed by atoms with Gasteiger partial charge in [-0.1, -0.05) is 19.6 Å². The summed E-state index contributed by atoms with van der Waals surface area (Å²) in [6.07, 6.45) is 8.57. The number of alkyl halides is 2. The molecule has 0 N–H and O–H groups in total. The van der Waals surface area contributed by atoms with E-state index in [2.05, 4.69) is 40.6 Å². The van der Waals surface area contributed by atoms with Gasteiger partial charge in [-0.2, -0.15) is 10.4 Å². The topological polar surface area (TPSA) is 97.3 Å². The van der Waals surface area contributed by atoms with Crippen LogP contribution in [0.3, 0.4) is 0 Å². The average Bonchev–Trinajstić information content (AvgIpc) is 3.69. The van der Waals surface area contributed by atoms with Crippen LogP contribution >= 0.6 is 0 Å². The molecule has 49 heavy (non-hydrogen) atoms. The van der Waals surface area contributed by atoms with Gasteiger partial charge in [-0.05, 0) is 75.7 Å². The number of fused-ring (bicyclic) bond motifs is 1. The molecule has 262 valence electrons. The van der Waals surface area contributed by atoms with Crippen molar-refractivity contribution in [1.82, 2.24) is 34.1 Å². The van der Waals surface area contributed by atoms with Gasteiger partial charge in [0.05, 0.1) is 29.9 Å². The number of hydrogen-bond acceptors (Lipinski definition) is 8. The summed E-state index contributed by atoms with van der Waals surface area (Å²) >= 11 is 0. The SMILES string of the molecule is CN(C)Cc1cc(OC2CCN([C@H]3C[C@@](CC#N)(n4cc(-c5ncnc6c5ccn6COCC[Si](C)(C)C)cn4)C3)CC2)cc(C(F)F)c1. The van der Waals surface area contributed by atoms with Crippen LogP contribution in [0.25, 0.3) is 22.3 Å². The summed E-state index contributed by atoms with van der Waals surface area (Å²) in [5.41, 5.74) is 2.98. The molecule has 4 aromatic rings. The summed E-state index contributed by atoms with van der Waals surface area (Å²) in [6, 6.07) is 10.8. The number of rotatable bonds is 14. The van der Waals surface area contributed by atoms with Crippen molar-refractivity contribution in [3.8, 4) is 23.1 Å². The Bertz CT molecular complexity index is 1760. The van der Waals surface area contributed by atoms with Crippen LogP contribution in [0, 0.1) is 11.3 Å². The van der Waals surface area contributed by atoms with Gasteiger partial charge in [-0.3, -0.25) is 9.58 Å². The van der Waals surface area contributed by atoms with Crippen molar-refractivity contribution in [3.05, 3.63) is 60.3 Å². The summed E-state index contributed by atoms with van der Waals surface area (Å²) in [6.45, 7) is 10.5. The van der Waals surface area contributed by atoms with Crippen LogP contribution in [0.2, 0.25) is 25.7 Å². The maximum absolute atomic E-state index is 13.6. The van der Waals surface area contributed by atoms with E-state index in [4.69, 9.17) is 14.6 Å². The van der Waals surface area contributed by atoms with Gasteiger partial charge < -0.3 is 18.9 Å². The number of aromatic nitrogens is 5. The Hall–Kier alpha value is -3.70. The molecular weight excluding hydrogens is 643 g/mol. The fourth-order valence-corrected chi connectivity index (χ4v) is 7.86. The Morgan fingerprint density at radius 2 is 1.90 bits per heavy atom. The molecule has 0 spiro atoms. The Morgan fingerprint density at radius 1 is 1.12 bits per heavy atom. The van der Waals surface area contributed by atoms with Crippen molar-refractivity contribution in [2.45, 2.75) is 95.2 Å². The first-order valence-electron chi connectivity index (χ1n) is 17.2. The van der Waals surface area contributed by atoms with E-state index in [1.807, 2.05) is 59.0 Å². The third-order valence-corrected chi connectivity index (χ3v) is 11.5. The second kappa shape index (κ2) is 14.6. The molecule has 1 aliphatic carbocycles. The number of hydrogen-bond donors (Lipinski definition) is 0. The molecule has 13 heteroatoms. The molecule has 0 radical (unpaired) electrons. The van der Waals surface area contributed by atoms with Crippen molar-refractivity contribution < 1.29 is 18.3 Å². The smallest absolute Gasteiger partial charge is 0.263 e. The van der Waals surface area contributed by atoms with E-state index in [1.54, 1.807) is 12.4 Å². The normalized spacial score (nSPS) is 20.6. The molecule has 3 aromatic heterocycles. The molecule has 0 bridgehead atoms. The summed E-state index contributed by atoms with van der Waals surface area (Å²) in [7, 11) is 2.68. The maximum atomic E-state index is 13.6. The quantitative estimate of drug-likeness (QED) is 0.104. The number of benzene rings is 1. The zero-order chi connectivity index (χ0) is 34.8. The minimum atomic E-state index is -2.54. The third kappa shape index (κ3) is 8.20. The van der Waals surface area contributed by atoms with E-state index in [9.17, 15) is 14.0 Å². The predicted molar refractivity (Wildman–Crippen MR) is 188 cm³/mol. The summed E-state index contributed by atoms with van der Waals surface area (Å²) in [5.74, 6) is 0.516. The molecule has 4 heterocycles. The largest absolute Gasteiger partial charge is 0.490 e. The van der Waals surface area contributed by atoms with Crippen LogP contribution in [0.1, 0.15) is 49.7 Å². The molecule has 0 atom stereocenters. The van der Waals surface area contributed by atoms with E-state index in [1.165, 1.54) is 6.07 Å². The number of ether oxygens (including phenoxy) is 2. The first-order chi connectivity index (χ1) is 23.4. The van der Waals surface area contributed by atoms with Crippen LogP contribution in [0.5, 0.6) is 5.75 Å². The van der Waals surface area contributed by atoms with Gasteiger partial charge in [0.25, 0.3) is 6.43 Å². The van der Waals surface area contributed by atoms with Crippen molar-refractivity contribution in [1.29, 1.82) is 5.26 Å². The zero-order valence-corrected chi connectivity index (χ0v) is 30.3. The molecule has 1 saturated carbocycles. The van der Waals surface area contributed by atoms with Gasteiger partial charge in [-0.15, -0.1) is 0 Å². The Kier molecular flexibility index (Phi) is 10.5. The number of likely N-dealkylation sites (tertiary alicyclic amines) is 1. The number of nitriles is 1. The summed E-state index contributed by atoms with van der Waals surface area (Å²) in [5, 5.41) is 15.5. The van der Waals surface area contributed by atoms with Crippen molar-refractivity contribution in [3.63, 3.8) is 0 Å². The van der Waals surface area contributed by atoms with Gasteiger partial charge in [0.2, 0.25) is 0 Å². The summed E-state index contributed by atoms with van der Waals surface area (Å²) < 4.78 is 43.4. The van der Waals surface area contributed by atoms with Crippen LogP contribution < -0.4 is 4.74 Å². The van der Waals surface area contributed by atoms with Crippen molar-refractivity contribution >= 4 is 19.1 Å². The average molecular weight is 691 g/mol. The highest BCUT2D eigenvalue weighted by Crippen LogP contribution is 2.46. The minimum Gasteiger partial charge on any atom is -0.490 e. The van der Waals surface area contributed by atoms with E-state index in [0.29, 0.717) is 31.5 Å². The van der Waals surface area contributed by atoms with E-state index < -0.39 is 14.5 Å². The summed E-state index contributed by atoms with van der Waals surface area (Å²) in [4.78, 5) is 13.6. The Labute approximate surface area is 288 Å². The highest BCUT2D eigenvalue weighted by atomic mass is 28.3. The molecule has 6 rings (SSSR count). The van der Waals surface area contributed by atoms with Crippen LogP contribution in [-0.2, 0) is 23.6 Å². The fraction of sp³-hybridized carbons (Fsp3) is 0.556. The first kappa shape index (κ1) is 35.1. The van der Waals surface area contributed by atoms with E-state index >= 15 is 0 Å². The van der Waals surface area contributed by atoms with Crippen molar-refractivity contribution in [2.24, 2.45) is 0 Å². The molecule has 1 aromatic carbocycles. The third-order valence-electron chi connectivity index (χ3n) is 9.80. The molecule has 2 fully saturated rings. The molecule has 0 amide bonds. The van der Waals surface area contributed by atoms with Gasteiger partial charge in [-0.25, -0.2) is 18.7 Å². The molecular formula is C36H48F2N8O2Si. The lowest BCUT2D eigenvalue weighted by atomic mass is 9.69. The highest BCUT2D eigenvalue weighted by molar-refractivity contribution is 6.76. The van der Waals surface area contributed by atoms with Gasteiger partial charge in [0.15, 0.2) is 0 Å². The zero-order valence-electron chi connectivity index (χ0n) is 29.3.